The van der Waals surface area contributed by atoms with Crippen LogP contribution in [0.15, 0.2) is 48.5 Å². The predicted octanol–water partition coefficient (Wildman–Crippen LogP) is 3.90. The number of hydrogen-bond acceptors (Lipinski definition) is 6. The molecule has 3 atom stereocenters. The van der Waals surface area contributed by atoms with Gasteiger partial charge in [-0.2, -0.15) is 0 Å². The molecular weight excluding hydrogens is 442 g/mol. The number of amides is 1. The minimum absolute atomic E-state index is 0.00570. The maximum Gasteiger partial charge on any atom is 0.254 e. The lowest BCUT2D eigenvalue weighted by Gasteiger charge is -2.33. The van der Waals surface area contributed by atoms with Crippen molar-refractivity contribution in [1.29, 1.82) is 0 Å². The maximum absolute atomic E-state index is 13.6. The van der Waals surface area contributed by atoms with Gasteiger partial charge < -0.3 is 29.7 Å². The van der Waals surface area contributed by atoms with Gasteiger partial charge in [0.25, 0.3) is 5.91 Å². The maximum atomic E-state index is 13.6. The Bertz CT molecular complexity index is 922. The van der Waals surface area contributed by atoms with Gasteiger partial charge in [0.1, 0.15) is 0 Å². The second-order valence-corrected chi connectivity index (χ2v) is 9.44. The Morgan fingerprint density at radius 2 is 1.83 bits per heavy atom. The summed E-state index contributed by atoms with van der Waals surface area (Å²) in [6.07, 6.45) is 0.764. The van der Waals surface area contributed by atoms with Crippen LogP contribution in [0.1, 0.15) is 49.2 Å². The summed E-state index contributed by atoms with van der Waals surface area (Å²) < 4.78 is 16.4. The number of carbonyl (C=O) groups is 1. The number of carbonyl (C=O) groups excluding carboxylic acids is 1. The van der Waals surface area contributed by atoms with Crippen LogP contribution in [0.4, 0.5) is 0 Å². The summed E-state index contributed by atoms with van der Waals surface area (Å²) in [7, 11) is 3.28. The van der Waals surface area contributed by atoms with Crippen LogP contribution in [-0.4, -0.2) is 70.0 Å². The van der Waals surface area contributed by atoms with E-state index in [0.29, 0.717) is 42.7 Å². The summed E-state index contributed by atoms with van der Waals surface area (Å²) in [5.41, 5.74) is 1.88. The number of nitrogens with one attached hydrogen (secondary N) is 2. The molecule has 0 bridgehead atoms. The fraction of sp³-hybridized carbons (Fsp3) is 0.536. The average molecular weight is 484 g/mol. The van der Waals surface area contributed by atoms with Crippen LogP contribution in [0.2, 0.25) is 0 Å². The Labute approximate surface area is 210 Å². The zero-order valence-electron chi connectivity index (χ0n) is 21.8. The first-order chi connectivity index (χ1) is 16.9. The Balaban J connectivity index is 1.70. The van der Waals surface area contributed by atoms with Crippen molar-refractivity contribution in [2.24, 2.45) is 5.92 Å². The highest BCUT2D eigenvalue weighted by atomic mass is 16.5. The molecule has 1 heterocycles. The molecule has 0 aromatic heterocycles. The Hall–Kier alpha value is -2.61. The van der Waals surface area contributed by atoms with Crippen LogP contribution in [0.3, 0.4) is 0 Å². The highest BCUT2D eigenvalue weighted by molar-refractivity contribution is 5.95. The van der Waals surface area contributed by atoms with E-state index in [-0.39, 0.29) is 24.0 Å². The monoisotopic (exact) mass is 483 g/mol. The molecule has 1 aliphatic rings. The van der Waals surface area contributed by atoms with E-state index in [9.17, 15) is 4.79 Å². The van der Waals surface area contributed by atoms with Crippen LogP contribution < -0.4 is 20.1 Å². The van der Waals surface area contributed by atoms with Crippen LogP contribution in [0.5, 0.6) is 11.5 Å². The molecule has 7 nitrogen and oxygen atoms in total. The second-order valence-electron chi connectivity index (χ2n) is 9.44. The lowest BCUT2D eigenvalue weighted by molar-refractivity contribution is 0.0666. The second kappa shape index (κ2) is 13.5. The fourth-order valence-corrected chi connectivity index (χ4v) is 4.53. The summed E-state index contributed by atoms with van der Waals surface area (Å²) >= 11 is 0. The first-order valence-corrected chi connectivity index (χ1v) is 12.6. The standard InChI is InChI=1S/C28H41N3O4/c1-20(2)31(19-24-17-29-18-25(24)30-21(3)22-10-7-6-8-11-22)28(32)23-12-13-26(34-5)27(16-23)35-15-9-14-33-4/h6-8,10-13,16,20-21,24-25,29-30H,9,14-15,17-19H2,1-5H3/t21?,24-,25+/m0/s1. The molecule has 1 amide bonds. The number of hydrogen-bond donors (Lipinski definition) is 2. The number of nitrogens with zero attached hydrogens (tertiary/aromatic N) is 1. The SMILES string of the molecule is COCCCOc1cc(C(=O)N(C[C@@H]2CNC[C@H]2NC(C)c2ccccc2)C(C)C)ccc1OC. The molecule has 1 aliphatic heterocycles. The molecular formula is C28H41N3O4. The quantitative estimate of drug-likeness (QED) is 0.421. The summed E-state index contributed by atoms with van der Waals surface area (Å²) in [6, 6.07) is 16.5. The molecule has 1 saturated heterocycles. The first kappa shape index (κ1) is 27.0. The van der Waals surface area contributed by atoms with E-state index >= 15 is 0 Å². The summed E-state index contributed by atoms with van der Waals surface area (Å²) in [5.74, 6) is 1.52. The molecule has 192 valence electrons. The van der Waals surface area contributed by atoms with E-state index in [1.807, 2.05) is 17.0 Å². The van der Waals surface area contributed by atoms with Crippen molar-refractivity contribution in [3.8, 4) is 11.5 Å². The van der Waals surface area contributed by atoms with Crippen molar-refractivity contribution in [2.45, 2.75) is 45.3 Å². The molecule has 0 radical (unpaired) electrons. The number of ether oxygens (including phenoxy) is 3. The fourth-order valence-electron chi connectivity index (χ4n) is 4.53. The molecule has 35 heavy (non-hydrogen) atoms. The summed E-state index contributed by atoms with van der Waals surface area (Å²) in [4.78, 5) is 15.6. The lowest BCUT2D eigenvalue weighted by Crippen LogP contribution is -2.46. The third-order valence-electron chi connectivity index (χ3n) is 6.58. The molecule has 2 N–H and O–H groups in total. The highest BCUT2D eigenvalue weighted by Crippen LogP contribution is 2.29. The van der Waals surface area contributed by atoms with Gasteiger partial charge in [0.15, 0.2) is 11.5 Å². The zero-order chi connectivity index (χ0) is 25.2. The molecule has 0 saturated carbocycles. The molecule has 0 spiro atoms. The molecule has 3 rings (SSSR count). The Morgan fingerprint density at radius 1 is 1.06 bits per heavy atom. The van der Waals surface area contributed by atoms with E-state index in [1.165, 1.54) is 5.56 Å². The average Bonchev–Trinajstić information content (AvgIpc) is 3.31. The van der Waals surface area contributed by atoms with Gasteiger partial charge >= 0.3 is 0 Å². The van der Waals surface area contributed by atoms with Crippen LogP contribution in [0, 0.1) is 5.92 Å². The molecule has 7 heteroatoms. The van der Waals surface area contributed by atoms with Crippen LogP contribution >= 0.6 is 0 Å². The van der Waals surface area contributed by atoms with Gasteiger partial charge in [-0.15, -0.1) is 0 Å². The van der Waals surface area contributed by atoms with Crippen LogP contribution in [0.25, 0.3) is 0 Å². The molecule has 2 aromatic carbocycles. The number of benzene rings is 2. The minimum Gasteiger partial charge on any atom is -0.493 e. The Morgan fingerprint density at radius 3 is 2.51 bits per heavy atom. The van der Waals surface area contributed by atoms with Crippen molar-refractivity contribution < 1.29 is 19.0 Å². The molecule has 1 fully saturated rings. The van der Waals surface area contributed by atoms with Crippen LogP contribution in [-0.2, 0) is 4.74 Å². The van der Waals surface area contributed by atoms with E-state index in [4.69, 9.17) is 14.2 Å². The van der Waals surface area contributed by atoms with Gasteiger partial charge in [-0.3, -0.25) is 4.79 Å². The number of rotatable bonds is 13. The van der Waals surface area contributed by atoms with Crippen molar-refractivity contribution >= 4 is 5.91 Å². The van der Waals surface area contributed by atoms with Gasteiger partial charge in [-0.25, -0.2) is 0 Å². The molecule has 1 unspecified atom stereocenters. The van der Waals surface area contributed by atoms with E-state index in [1.54, 1.807) is 26.4 Å². The van der Waals surface area contributed by atoms with Gasteiger partial charge in [0, 0.05) is 69.4 Å². The zero-order valence-corrected chi connectivity index (χ0v) is 21.8. The van der Waals surface area contributed by atoms with Crippen molar-refractivity contribution in [3.63, 3.8) is 0 Å². The Kier molecular flexibility index (Phi) is 10.4. The largest absolute Gasteiger partial charge is 0.493 e. The van der Waals surface area contributed by atoms with Gasteiger partial charge in [0.05, 0.1) is 13.7 Å². The number of methoxy groups -OCH3 is 2. The normalized spacial score (nSPS) is 18.5. The molecule has 2 aromatic rings. The molecule has 0 aliphatic carbocycles. The van der Waals surface area contributed by atoms with Gasteiger partial charge in [-0.05, 0) is 44.5 Å². The first-order valence-electron chi connectivity index (χ1n) is 12.6. The predicted molar refractivity (Wildman–Crippen MR) is 139 cm³/mol. The van der Waals surface area contributed by atoms with Crippen molar-refractivity contribution in [1.82, 2.24) is 15.5 Å². The van der Waals surface area contributed by atoms with E-state index in [0.717, 1.165) is 19.5 Å². The van der Waals surface area contributed by atoms with Crippen molar-refractivity contribution in [2.75, 3.05) is 47.1 Å². The van der Waals surface area contributed by atoms with E-state index in [2.05, 4.69) is 55.7 Å². The third-order valence-corrected chi connectivity index (χ3v) is 6.58. The lowest BCUT2D eigenvalue weighted by atomic mass is 9.99. The highest BCUT2D eigenvalue weighted by Gasteiger charge is 2.32. The van der Waals surface area contributed by atoms with Gasteiger partial charge in [-0.1, -0.05) is 30.3 Å². The smallest absolute Gasteiger partial charge is 0.254 e. The minimum atomic E-state index is 0.00570. The summed E-state index contributed by atoms with van der Waals surface area (Å²) in [5, 5.41) is 7.29. The van der Waals surface area contributed by atoms with E-state index < -0.39 is 0 Å². The van der Waals surface area contributed by atoms with Gasteiger partial charge in [0.2, 0.25) is 0 Å². The van der Waals surface area contributed by atoms with Crippen molar-refractivity contribution in [3.05, 3.63) is 59.7 Å². The summed E-state index contributed by atoms with van der Waals surface area (Å²) in [6.45, 7) is 9.91. The third kappa shape index (κ3) is 7.43. The topological polar surface area (TPSA) is 72.1 Å².